The second-order valence-corrected chi connectivity index (χ2v) is 5.48. The van der Waals surface area contributed by atoms with E-state index in [4.69, 9.17) is 60.5 Å². The Hall–Kier alpha value is -1.14. The van der Waals surface area contributed by atoms with Crippen LogP contribution in [-0.2, 0) is 9.47 Å². The van der Waals surface area contributed by atoms with Gasteiger partial charge in [-0.15, -0.1) is 0 Å². The largest absolute Gasteiger partial charge is 3.00 e. The van der Waals surface area contributed by atoms with E-state index in [0.717, 1.165) is 26.4 Å². The van der Waals surface area contributed by atoms with E-state index in [9.17, 15) is 0 Å². The summed E-state index contributed by atoms with van der Waals surface area (Å²) in [5.74, 6) is 0. The minimum atomic E-state index is -1.75. The van der Waals surface area contributed by atoms with Crippen molar-refractivity contribution in [1.82, 2.24) is 0 Å². The molecule has 2 aliphatic rings. The molecule has 1 N–H and O–H groups in total. The predicted octanol–water partition coefficient (Wildman–Crippen LogP) is 1.65. The molecule has 0 atom stereocenters. The number of ether oxygens (including phenoxy) is 2. The number of aliphatic hydroxyl groups is 1. The normalized spacial score (nSPS) is 13.3. The molecule has 0 saturated carbocycles. The number of nitrogens with zero attached hydrogens (tertiary/aromatic N) is 3. The number of hydrogen-bond acceptors (Lipinski definition) is 12. The maximum Gasteiger partial charge on any atom is 3.00 e. The quantitative estimate of drug-likeness (QED) is 0.338. The summed E-state index contributed by atoms with van der Waals surface area (Å²) in [6.45, 7) is 9.23. The molecule has 2 saturated heterocycles. The van der Waals surface area contributed by atoms with Crippen LogP contribution in [0.1, 0.15) is 46.5 Å². The van der Waals surface area contributed by atoms with Crippen LogP contribution < -0.4 is 0 Å². The van der Waals surface area contributed by atoms with Crippen LogP contribution in [0.4, 0.5) is 0 Å². The number of rotatable bonds is 0. The summed E-state index contributed by atoms with van der Waals surface area (Å²) in [5, 5.41) is 52.8. The van der Waals surface area contributed by atoms with E-state index in [-0.39, 0.29) is 41.7 Å². The molecule has 1 radical (unpaired) electrons. The maximum absolute atomic E-state index is 8.52. The van der Waals surface area contributed by atoms with Gasteiger partial charge in [-0.3, -0.25) is 0 Å². The van der Waals surface area contributed by atoms with Crippen molar-refractivity contribution in [2.75, 3.05) is 26.4 Å². The van der Waals surface area contributed by atoms with Gasteiger partial charge in [-0.1, -0.05) is 0 Å². The first-order valence-corrected chi connectivity index (χ1v) is 7.52. The molecule has 28 heavy (non-hydrogen) atoms. The van der Waals surface area contributed by atoms with Crippen molar-refractivity contribution in [3.8, 4) is 0 Å². The Morgan fingerprint density at radius 1 is 0.643 bits per heavy atom. The Kier molecular flexibility index (Phi) is 37.7. The molecule has 2 heterocycles. The second kappa shape index (κ2) is 28.1. The zero-order chi connectivity index (χ0) is 22.3. The standard InChI is InChI=1S/2C4H8O.C4H10O.Ce.3NO3/c2*1-2-4-5-3-1;1-4(2,3)5;;3*2-1(3)4/h2*1-4H2;5H,1-3H3;;;;/q;;;+3;3*-1. The fraction of sp³-hybridized carbons (Fsp3) is 1.00. The summed E-state index contributed by atoms with van der Waals surface area (Å²) in [6, 6.07) is 0. The van der Waals surface area contributed by atoms with Crippen molar-refractivity contribution >= 4 is 0 Å². The maximum atomic E-state index is 8.52. The third kappa shape index (κ3) is 180. The molecule has 2 aliphatic heterocycles. The van der Waals surface area contributed by atoms with Crippen LogP contribution in [0.15, 0.2) is 0 Å². The molecule has 0 bridgehead atoms. The van der Waals surface area contributed by atoms with Gasteiger partial charge in [0.25, 0.3) is 0 Å². The van der Waals surface area contributed by atoms with Gasteiger partial charge >= 0.3 is 41.7 Å². The fourth-order valence-electron chi connectivity index (χ4n) is 1.02. The van der Waals surface area contributed by atoms with Crippen molar-refractivity contribution in [3.05, 3.63) is 46.0 Å². The summed E-state index contributed by atoms with van der Waals surface area (Å²) >= 11 is 0. The van der Waals surface area contributed by atoms with Crippen molar-refractivity contribution in [2.45, 2.75) is 52.1 Å². The van der Waals surface area contributed by atoms with E-state index >= 15 is 0 Å². The minimum absolute atomic E-state index is 0. The second-order valence-electron chi connectivity index (χ2n) is 5.48. The molecular formula is C12H26CeN3O12. The SMILES string of the molecule is C1CCOC1.C1CCOC1.CC(C)(C)O.O=[N+]([O-])[O-].O=[N+]([O-])[O-].O=[N+]([O-])[O-].[Ce+3]. The zero-order valence-corrected chi connectivity index (χ0v) is 19.1. The molecule has 0 aromatic heterocycles. The van der Waals surface area contributed by atoms with Crippen LogP contribution in [0.25, 0.3) is 0 Å². The van der Waals surface area contributed by atoms with Crippen LogP contribution in [0.5, 0.6) is 0 Å². The van der Waals surface area contributed by atoms with Gasteiger partial charge in [0, 0.05) is 26.4 Å². The van der Waals surface area contributed by atoms with Gasteiger partial charge in [0.05, 0.1) is 20.9 Å². The van der Waals surface area contributed by atoms with Gasteiger partial charge < -0.3 is 60.5 Å². The molecule has 0 amide bonds. The zero-order valence-electron chi connectivity index (χ0n) is 15.9. The summed E-state index contributed by atoms with van der Waals surface area (Å²) in [7, 11) is 0. The first-order chi connectivity index (χ1) is 12.2. The van der Waals surface area contributed by atoms with E-state index in [1.807, 2.05) is 0 Å². The van der Waals surface area contributed by atoms with Crippen LogP contribution in [0.2, 0.25) is 0 Å². The Morgan fingerprint density at radius 2 is 0.750 bits per heavy atom. The minimum Gasteiger partial charge on any atom is -0.391 e. The molecule has 0 aliphatic carbocycles. The summed E-state index contributed by atoms with van der Waals surface area (Å²) < 4.78 is 9.89. The van der Waals surface area contributed by atoms with E-state index < -0.39 is 20.9 Å². The van der Waals surface area contributed by atoms with Crippen molar-refractivity contribution in [2.24, 2.45) is 0 Å². The molecule has 165 valence electrons. The van der Waals surface area contributed by atoms with Crippen LogP contribution in [0.3, 0.4) is 0 Å². The molecule has 16 heteroatoms. The molecule has 0 aromatic rings. The van der Waals surface area contributed by atoms with E-state index in [1.54, 1.807) is 20.8 Å². The van der Waals surface area contributed by atoms with Crippen molar-refractivity contribution < 1.29 is 71.6 Å². The average Bonchev–Trinajstić information content (AvgIpc) is 3.14. The van der Waals surface area contributed by atoms with E-state index in [2.05, 4.69) is 0 Å². The molecule has 15 nitrogen and oxygen atoms in total. The Morgan fingerprint density at radius 3 is 0.786 bits per heavy atom. The van der Waals surface area contributed by atoms with E-state index in [1.165, 1.54) is 25.7 Å². The summed E-state index contributed by atoms with van der Waals surface area (Å²) in [4.78, 5) is 24.8. The Bertz CT molecular complexity index is 289. The van der Waals surface area contributed by atoms with Crippen molar-refractivity contribution in [3.63, 3.8) is 0 Å². The van der Waals surface area contributed by atoms with Gasteiger partial charge in [-0.05, 0) is 46.5 Å². The smallest absolute Gasteiger partial charge is 0.391 e. The Labute approximate surface area is 195 Å². The van der Waals surface area contributed by atoms with Crippen molar-refractivity contribution in [1.29, 1.82) is 0 Å². The van der Waals surface area contributed by atoms with Gasteiger partial charge in [-0.25, -0.2) is 0 Å². The van der Waals surface area contributed by atoms with Gasteiger partial charge in [-0.2, -0.15) is 0 Å². The average molecular weight is 544 g/mol. The third-order valence-electron chi connectivity index (χ3n) is 1.65. The molecule has 0 aromatic carbocycles. The topological polar surface area (TPSA) is 237 Å². The van der Waals surface area contributed by atoms with Gasteiger partial charge in [0.15, 0.2) is 0 Å². The molecule has 0 spiro atoms. The summed E-state index contributed by atoms with van der Waals surface area (Å²) in [5.41, 5.74) is -0.500. The van der Waals surface area contributed by atoms with Crippen LogP contribution >= 0.6 is 0 Å². The van der Waals surface area contributed by atoms with Crippen LogP contribution in [0, 0.1) is 87.7 Å². The van der Waals surface area contributed by atoms with Crippen LogP contribution in [-0.4, -0.2) is 52.4 Å². The molecule has 0 unspecified atom stereocenters. The van der Waals surface area contributed by atoms with Gasteiger partial charge in [0.2, 0.25) is 0 Å². The number of hydrogen-bond donors (Lipinski definition) is 1. The van der Waals surface area contributed by atoms with E-state index in [0.29, 0.717) is 0 Å². The fourth-order valence-corrected chi connectivity index (χ4v) is 1.02. The first-order valence-electron chi connectivity index (χ1n) is 7.52. The Balaban J connectivity index is -0.0000000754. The molecule has 2 fully saturated rings. The molecule has 2 rings (SSSR count). The predicted molar refractivity (Wildman–Crippen MR) is 93.2 cm³/mol. The first kappa shape index (κ1) is 37.6. The van der Waals surface area contributed by atoms with Gasteiger partial charge in [0.1, 0.15) is 0 Å². The summed E-state index contributed by atoms with van der Waals surface area (Å²) in [6.07, 6.45) is 5.11. The molecular weight excluding hydrogens is 518 g/mol. The third-order valence-corrected chi connectivity index (χ3v) is 1.65. The monoisotopic (exact) mass is 544 g/mol.